The van der Waals surface area contributed by atoms with E-state index in [1.165, 1.54) is 0 Å². The topological polar surface area (TPSA) is 98.6 Å². The van der Waals surface area contributed by atoms with Gasteiger partial charge in [0.2, 0.25) is 12.7 Å². The van der Waals surface area contributed by atoms with Crippen molar-refractivity contribution in [2.24, 2.45) is 0 Å². The molecule has 1 atom stereocenters. The number of nitrogens with zero attached hydrogens (tertiary/aromatic N) is 4. The summed E-state index contributed by atoms with van der Waals surface area (Å²) >= 11 is 0. The summed E-state index contributed by atoms with van der Waals surface area (Å²) in [5.41, 5.74) is 1.24. The summed E-state index contributed by atoms with van der Waals surface area (Å²) in [4.78, 5) is 27.1. The summed E-state index contributed by atoms with van der Waals surface area (Å²) in [6, 6.07) is 5.87. The second-order valence-corrected chi connectivity index (χ2v) is 8.38. The second-order valence-electron chi connectivity index (χ2n) is 8.38. The van der Waals surface area contributed by atoms with Gasteiger partial charge in [0.1, 0.15) is 0 Å². The molecule has 2 aliphatic heterocycles. The fourth-order valence-electron chi connectivity index (χ4n) is 4.09. The highest BCUT2D eigenvalue weighted by Crippen LogP contribution is 2.33. The molecule has 3 heterocycles. The number of nitrogens with one attached hydrogen (secondary N) is 1. The van der Waals surface area contributed by atoms with Crippen molar-refractivity contribution in [1.82, 2.24) is 25.2 Å². The molecule has 9 heteroatoms. The van der Waals surface area contributed by atoms with Crippen LogP contribution < -0.4 is 14.8 Å². The Bertz CT molecular complexity index is 942. The smallest absolute Gasteiger partial charge is 0.273 e. The van der Waals surface area contributed by atoms with Crippen molar-refractivity contribution >= 4 is 11.8 Å². The normalized spacial score (nSPS) is 17.8. The number of aromatic nitrogens is 3. The Morgan fingerprint density at radius 1 is 1.23 bits per heavy atom. The predicted molar refractivity (Wildman–Crippen MR) is 113 cm³/mol. The molecule has 1 aromatic carbocycles. The van der Waals surface area contributed by atoms with Crippen LogP contribution in [-0.4, -0.2) is 57.1 Å². The Kier molecular flexibility index (Phi) is 6.39. The van der Waals surface area contributed by atoms with Crippen LogP contribution in [0.25, 0.3) is 0 Å². The number of hydrogen-bond acceptors (Lipinski definition) is 6. The Hall–Kier alpha value is -3.10. The molecule has 1 saturated heterocycles. The molecule has 2 aromatic rings. The van der Waals surface area contributed by atoms with Crippen molar-refractivity contribution in [3.63, 3.8) is 0 Å². The molecule has 166 valence electrons. The first kappa shape index (κ1) is 21.1. The van der Waals surface area contributed by atoms with Crippen LogP contribution in [0, 0.1) is 0 Å². The van der Waals surface area contributed by atoms with Crippen molar-refractivity contribution in [3.8, 4) is 11.5 Å². The van der Waals surface area contributed by atoms with Gasteiger partial charge < -0.3 is 19.7 Å². The molecule has 1 fully saturated rings. The summed E-state index contributed by atoms with van der Waals surface area (Å²) in [6.07, 6.45) is 5.89. The molecule has 31 heavy (non-hydrogen) atoms. The van der Waals surface area contributed by atoms with Crippen LogP contribution in [0.2, 0.25) is 0 Å². The average Bonchev–Trinajstić information content (AvgIpc) is 3.41. The predicted octanol–water partition coefficient (Wildman–Crippen LogP) is 2.16. The highest BCUT2D eigenvalue weighted by atomic mass is 16.7. The van der Waals surface area contributed by atoms with Crippen molar-refractivity contribution in [2.45, 2.75) is 64.6 Å². The molecular weight excluding hydrogens is 398 g/mol. The van der Waals surface area contributed by atoms with E-state index in [1.54, 1.807) is 10.9 Å². The van der Waals surface area contributed by atoms with Crippen molar-refractivity contribution in [2.75, 3.05) is 13.3 Å². The molecule has 0 saturated carbocycles. The molecular formula is C22H29N5O4. The van der Waals surface area contributed by atoms with E-state index in [2.05, 4.69) is 15.6 Å². The number of benzene rings is 1. The summed E-state index contributed by atoms with van der Waals surface area (Å²) in [5.74, 6) is 1.32. The SMILES string of the molecule is CC(C)NC(=O)c1cn(CCC2CCCCN2C(=O)Cc2ccc3c(c2)OCO3)nn1. The van der Waals surface area contributed by atoms with E-state index in [0.717, 1.165) is 43.5 Å². The van der Waals surface area contributed by atoms with E-state index in [1.807, 2.05) is 36.9 Å². The van der Waals surface area contributed by atoms with Gasteiger partial charge in [-0.25, -0.2) is 0 Å². The maximum absolute atomic E-state index is 13.1. The second kappa shape index (κ2) is 9.36. The van der Waals surface area contributed by atoms with Crippen molar-refractivity contribution in [1.29, 1.82) is 0 Å². The van der Waals surface area contributed by atoms with Gasteiger partial charge in [-0.1, -0.05) is 11.3 Å². The minimum Gasteiger partial charge on any atom is -0.454 e. The van der Waals surface area contributed by atoms with Gasteiger partial charge in [0, 0.05) is 25.2 Å². The number of aryl methyl sites for hydroxylation is 1. The summed E-state index contributed by atoms with van der Waals surface area (Å²) < 4.78 is 12.5. The lowest BCUT2D eigenvalue weighted by molar-refractivity contribution is -0.134. The number of rotatable bonds is 7. The molecule has 0 aliphatic carbocycles. The van der Waals surface area contributed by atoms with Gasteiger partial charge in [-0.05, 0) is 57.2 Å². The van der Waals surface area contributed by atoms with Gasteiger partial charge in [-0.3, -0.25) is 14.3 Å². The quantitative estimate of drug-likeness (QED) is 0.727. The van der Waals surface area contributed by atoms with Crippen LogP contribution in [0.1, 0.15) is 55.6 Å². The maximum Gasteiger partial charge on any atom is 0.273 e. The summed E-state index contributed by atoms with van der Waals surface area (Å²) in [6.45, 7) is 5.42. The molecule has 1 N–H and O–H groups in total. The van der Waals surface area contributed by atoms with E-state index in [-0.39, 0.29) is 30.7 Å². The minimum atomic E-state index is -0.223. The zero-order valence-electron chi connectivity index (χ0n) is 18.0. The van der Waals surface area contributed by atoms with Gasteiger partial charge in [-0.15, -0.1) is 5.10 Å². The van der Waals surface area contributed by atoms with Crippen molar-refractivity contribution in [3.05, 3.63) is 35.7 Å². The number of fused-ring (bicyclic) bond motifs is 1. The number of ether oxygens (including phenoxy) is 2. The van der Waals surface area contributed by atoms with Crippen LogP contribution >= 0.6 is 0 Å². The third kappa shape index (κ3) is 5.15. The molecule has 0 radical (unpaired) electrons. The Labute approximate surface area is 181 Å². The first-order chi connectivity index (χ1) is 15.0. The van der Waals surface area contributed by atoms with Gasteiger partial charge >= 0.3 is 0 Å². The van der Waals surface area contributed by atoms with Crippen LogP contribution in [0.3, 0.4) is 0 Å². The monoisotopic (exact) mass is 427 g/mol. The lowest BCUT2D eigenvalue weighted by Gasteiger charge is -2.36. The average molecular weight is 428 g/mol. The van der Waals surface area contributed by atoms with E-state index in [4.69, 9.17) is 9.47 Å². The molecule has 2 amide bonds. The third-order valence-corrected chi connectivity index (χ3v) is 5.62. The number of carbonyl (C=O) groups excluding carboxylic acids is 2. The number of amides is 2. The fourth-order valence-corrected chi connectivity index (χ4v) is 4.09. The van der Waals surface area contributed by atoms with Gasteiger partial charge in [-0.2, -0.15) is 0 Å². The van der Waals surface area contributed by atoms with Crippen LogP contribution in [0.5, 0.6) is 11.5 Å². The fraction of sp³-hybridized carbons (Fsp3) is 0.545. The summed E-state index contributed by atoms with van der Waals surface area (Å²) in [7, 11) is 0. The zero-order valence-corrected chi connectivity index (χ0v) is 18.0. The molecule has 1 aromatic heterocycles. The first-order valence-electron chi connectivity index (χ1n) is 10.9. The largest absolute Gasteiger partial charge is 0.454 e. The van der Waals surface area contributed by atoms with E-state index in [0.29, 0.717) is 24.4 Å². The lowest BCUT2D eigenvalue weighted by atomic mass is 9.98. The standard InChI is InChI=1S/C22H29N5O4/c1-15(2)23-22(29)18-13-26(25-24-18)10-8-17-5-3-4-9-27(17)21(28)12-16-6-7-19-20(11-16)31-14-30-19/h6-7,11,13,15,17H,3-5,8-10,12,14H2,1-2H3,(H,23,29). The van der Waals surface area contributed by atoms with Crippen LogP contribution in [-0.2, 0) is 17.8 Å². The Balaban J connectivity index is 1.35. The summed E-state index contributed by atoms with van der Waals surface area (Å²) in [5, 5.41) is 10.9. The van der Waals surface area contributed by atoms with E-state index >= 15 is 0 Å². The molecule has 0 bridgehead atoms. The highest BCUT2D eigenvalue weighted by Gasteiger charge is 2.27. The Morgan fingerprint density at radius 2 is 2.06 bits per heavy atom. The number of carbonyl (C=O) groups is 2. The Morgan fingerprint density at radius 3 is 2.90 bits per heavy atom. The van der Waals surface area contributed by atoms with E-state index < -0.39 is 0 Å². The van der Waals surface area contributed by atoms with Gasteiger partial charge in [0.05, 0.1) is 12.6 Å². The van der Waals surface area contributed by atoms with E-state index in [9.17, 15) is 9.59 Å². The first-order valence-corrected chi connectivity index (χ1v) is 10.9. The molecule has 1 unspecified atom stereocenters. The zero-order chi connectivity index (χ0) is 21.8. The highest BCUT2D eigenvalue weighted by molar-refractivity contribution is 5.92. The van der Waals surface area contributed by atoms with Gasteiger partial charge in [0.25, 0.3) is 5.91 Å². The minimum absolute atomic E-state index is 0.0456. The molecule has 9 nitrogen and oxygen atoms in total. The van der Waals surface area contributed by atoms with Crippen LogP contribution in [0.4, 0.5) is 0 Å². The maximum atomic E-state index is 13.1. The number of likely N-dealkylation sites (tertiary alicyclic amines) is 1. The number of hydrogen-bond donors (Lipinski definition) is 1. The molecule has 2 aliphatic rings. The molecule has 4 rings (SSSR count). The van der Waals surface area contributed by atoms with Crippen LogP contribution in [0.15, 0.2) is 24.4 Å². The molecule has 0 spiro atoms. The van der Waals surface area contributed by atoms with Gasteiger partial charge in [0.15, 0.2) is 17.2 Å². The van der Waals surface area contributed by atoms with Crippen molar-refractivity contribution < 1.29 is 19.1 Å². The number of piperidine rings is 1. The lowest BCUT2D eigenvalue weighted by Crippen LogP contribution is -2.44. The third-order valence-electron chi connectivity index (χ3n) is 5.62.